The first-order chi connectivity index (χ1) is 13.6. The van der Waals surface area contributed by atoms with Crippen molar-refractivity contribution in [2.24, 2.45) is 0 Å². The Bertz CT molecular complexity index is 935. The topological polar surface area (TPSA) is 66.8 Å². The fourth-order valence-electron chi connectivity index (χ4n) is 3.85. The second kappa shape index (κ2) is 7.78. The Morgan fingerprint density at radius 3 is 2.50 bits per heavy atom. The van der Waals surface area contributed by atoms with E-state index in [9.17, 15) is 14.7 Å². The smallest absolute Gasteiger partial charge is 0.295 e. The van der Waals surface area contributed by atoms with Gasteiger partial charge >= 0.3 is 0 Å². The van der Waals surface area contributed by atoms with Crippen molar-refractivity contribution in [3.63, 3.8) is 0 Å². The fourth-order valence-corrected chi connectivity index (χ4v) is 4.09. The summed E-state index contributed by atoms with van der Waals surface area (Å²) < 4.78 is 5.68. The number of ether oxygens (including phenoxy) is 1. The number of hydrogen-bond acceptors (Lipinski definition) is 4. The van der Waals surface area contributed by atoms with Gasteiger partial charge in [0.25, 0.3) is 11.7 Å². The number of nitrogens with zero attached hydrogens (tertiary/aromatic N) is 1. The van der Waals surface area contributed by atoms with Gasteiger partial charge in [-0.1, -0.05) is 60.1 Å². The highest BCUT2D eigenvalue weighted by Crippen LogP contribution is 2.42. The maximum Gasteiger partial charge on any atom is 0.295 e. The summed E-state index contributed by atoms with van der Waals surface area (Å²) in [5, 5.41) is 11.4. The lowest BCUT2D eigenvalue weighted by atomic mass is 9.95. The lowest BCUT2D eigenvalue weighted by Gasteiger charge is -2.28. The average Bonchev–Trinajstić information content (AvgIpc) is 3.31. The highest BCUT2D eigenvalue weighted by molar-refractivity contribution is 6.47. The van der Waals surface area contributed by atoms with Crippen molar-refractivity contribution in [1.82, 2.24) is 4.90 Å². The zero-order valence-corrected chi connectivity index (χ0v) is 15.9. The average molecular weight is 398 g/mol. The van der Waals surface area contributed by atoms with Gasteiger partial charge in [0.1, 0.15) is 5.76 Å². The molecule has 0 bridgehead atoms. The SMILES string of the molecule is O=C1C(=O)N(C[C@H]2CCCO2)[C@@H](c2ccccc2Cl)C1=C(O)c1ccccc1. The highest BCUT2D eigenvalue weighted by atomic mass is 35.5. The molecular weight excluding hydrogens is 378 g/mol. The summed E-state index contributed by atoms with van der Waals surface area (Å²) in [7, 11) is 0. The van der Waals surface area contributed by atoms with Gasteiger partial charge in [-0.3, -0.25) is 9.59 Å². The molecule has 2 atom stereocenters. The molecule has 0 unspecified atom stereocenters. The summed E-state index contributed by atoms with van der Waals surface area (Å²) in [5.74, 6) is -1.54. The Morgan fingerprint density at radius 2 is 1.82 bits per heavy atom. The number of amides is 1. The van der Waals surface area contributed by atoms with E-state index in [1.165, 1.54) is 4.90 Å². The molecule has 2 saturated heterocycles. The molecule has 4 rings (SSSR count). The Labute approximate surface area is 168 Å². The molecule has 28 heavy (non-hydrogen) atoms. The number of carbonyl (C=O) groups excluding carboxylic acids is 2. The second-order valence-corrected chi connectivity index (χ2v) is 7.38. The van der Waals surface area contributed by atoms with Crippen LogP contribution in [0.2, 0.25) is 5.02 Å². The molecule has 0 radical (unpaired) electrons. The molecule has 0 aromatic heterocycles. The molecule has 6 heteroatoms. The van der Waals surface area contributed by atoms with Crippen molar-refractivity contribution >= 4 is 29.1 Å². The monoisotopic (exact) mass is 397 g/mol. The zero-order chi connectivity index (χ0) is 19.7. The molecule has 0 saturated carbocycles. The van der Waals surface area contributed by atoms with Crippen molar-refractivity contribution in [2.75, 3.05) is 13.2 Å². The van der Waals surface area contributed by atoms with Crippen LogP contribution >= 0.6 is 11.6 Å². The number of Topliss-reactive ketones (excluding diaryl/α,β-unsaturated/α-hetero) is 1. The molecule has 0 spiro atoms. The van der Waals surface area contributed by atoms with Crippen LogP contribution in [0.25, 0.3) is 5.76 Å². The fraction of sp³-hybridized carbons (Fsp3) is 0.273. The summed E-state index contributed by atoms with van der Waals surface area (Å²) in [5.41, 5.74) is 1.15. The first-order valence-corrected chi connectivity index (χ1v) is 9.65. The van der Waals surface area contributed by atoms with Gasteiger partial charge in [0.05, 0.1) is 17.7 Å². The molecule has 2 fully saturated rings. The number of carbonyl (C=O) groups is 2. The van der Waals surface area contributed by atoms with Crippen LogP contribution in [0.1, 0.15) is 30.0 Å². The summed E-state index contributed by atoms with van der Waals surface area (Å²) in [6.45, 7) is 0.932. The predicted molar refractivity (Wildman–Crippen MR) is 106 cm³/mol. The number of rotatable bonds is 4. The molecule has 1 amide bonds. The molecule has 0 aliphatic carbocycles. The van der Waals surface area contributed by atoms with E-state index in [1.807, 2.05) is 6.07 Å². The largest absolute Gasteiger partial charge is 0.507 e. The number of ketones is 1. The summed E-state index contributed by atoms with van der Waals surface area (Å²) in [6, 6.07) is 15.1. The predicted octanol–water partition coefficient (Wildman–Crippen LogP) is 3.94. The van der Waals surface area contributed by atoms with Crippen molar-refractivity contribution in [3.8, 4) is 0 Å². The van der Waals surface area contributed by atoms with Crippen LogP contribution in [0.5, 0.6) is 0 Å². The van der Waals surface area contributed by atoms with Crippen LogP contribution < -0.4 is 0 Å². The maximum atomic E-state index is 12.9. The Balaban J connectivity index is 1.84. The lowest BCUT2D eigenvalue weighted by molar-refractivity contribution is -0.140. The van der Waals surface area contributed by atoms with Crippen LogP contribution in [0.3, 0.4) is 0 Å². The molecule has 2 aromatic carbocycles. The minimum Gasteiger partial charge on any atom is -0.507 e. The van der Waals surface area contributed by atoms with E-state index in [0.717, 1.165) is 12.8 Å². The Morgan fingerprint density at radius 1 is 1.11 bits per heavy atom. The van der Waals surface area contributed by atoms with Crippen LogP contribution in [-0.2, 0) is 14.3 Å². The number of hydrogen-bond donors (Lipinski definition) is 1. The van der Waals surface area contributed by atoms with Crippen LogP contribution in [0.15, 0.2) is 60.2 Å². The molecule has 5 nitrogen and oxygen atoms in total. The van der Waals surface area contributed by atoms with E-state index in [0.29, 0.717) is 22.8 Å². The molecule has 2 aromatic rings. The Kier molecular flexibility index (Phi) is 5.20. The van der Waals surface area contributed by atoms with E-state index < -0.39 is 17.7 Å². The number of benzene rings is 2. The van der Waals surface area contributed by atoms with Gasteiger partial charge in [0.15, 0.2) is 0 Å². The summed E-state index contributed by atoms with van der Waals surface area (Å²) >= 11 is 6.41. The van der Waals surface area contributed by atoms with Crippen molar-refractivity contribution < 1.29 is 19.4 Å². The van der Waals surface area contributed by atoms with Crippen molar-refractivity contribution in [1.29, 1.82) is 0 Å². The van der Waals surface area contributed by atoms with Gasteiger partial charge in [-0.2, -0.15) is 0 Å². The van der Waals surface area contributed by atoms with Gasteiger partial charge in [-0.15, -0.1) is 0 Å². The Hall–Kier alpha value is -2.63. The quantitative estimate of drug-likeness (QED) is 0.482. The number of aliphatic hydroxyl groups excluding tert-OH is 1. The summed E-state index contributed by atoms with van der Waals surface area (Å²) in [6.07, 6.45) is 1.63. The molecule has 144 valence electrons. The van der Waals surface area contributed by atoms with E-state index >= 15 is 0 Å². The van der Waals surface area contributed by atoms with Gasteiger partial charge < -0.3 is 14.7 Å². The number of likely N-dealkylation sites (tertiary alicyclic amines) is 1. The van der Waals surface area contributed by atoms with E-state index in [4.69, 9.17) is 16.3 Å². The van der Waals surface area contributed by atoms with E-state index in [-0.39, 0.29) is 24.0 Å². The molecule has 1 N–H and O–H groups in total. The molecule has 2 aliphatic heterocycles. The van der Waals surface area contributed by atoms with Gasteiger partial charge in [0.2, 0.25) is 0 Å². The van der Waals surface area contributed by atoms with Gasteiger partial charge in [-0.05, 0) is 24.5 Å². The third-order valence-corrected chi connectivity index (χ3v) is 5.56. The lowest BCUT2D eigenvalue weighted by Crippen LogP contribution is -2.36. The van der Waals surface area contributed by atoms with Crippen molar-refractivity contribution in [2.45, 2.75) is 25.0 Å². The van der Waals surface area contributed by atoms with Crippen LogP contribution in [0, 0.1) is 0 Å². The van der Waals surface area contributed by atoms with Crippen LogP contribution in [0.4, 0.5) is 0 Å². The van der Waals surface area contributed by atoms with E-state index in [1.54, 1.807) is 48.5 Å². The molecule has 2 heterocycles. The number of halogens is 1. The number of aliphatic hydroxyl groups is 1. The zero-order valence-electron chi connectivity index (χ0n) is 15.2. The first kappa shape index (κ1) is 18.7. The normalized spacial score (nSPS) is 24.1. The standard InChI is InChI=1S/C22H20ClNO4/c23-17-11-5-4-10-16(17)19-18(20(25)14-7-2-1-3-8-14)21(26)22(27)24(19)13-15-9-6-12-28-15/h1-5,7-8,10-11,15,19,25H,6,9,12-13H2/t15-,19+/m1/s1. The van der Waals surface area contributed by atoms with E-state index in [2.05, 4.69) is 0 Å². The second-order valence-electron chi connectivity index (χ2n) is 6.97. The molecular formula is C22H20ClNO4. The highest BCUT2D eigenvalue weighted by Gasteiger charge is 2.47. The minimum atomic E-state index is -0.752. The minimum absolute atomic E-state index is 0.0577. The third kappa shape index (κ3) is 3.32. The van der Waals surface area contributed by atoms with Crippen molar-refractivity contribution in [3.05, 3.63) is 76.3 Å². The van der Waals surface area contributed by atoms with Gasteiger partial charge in [-0.25, -0.2) is 0 Å². The summed E-state index contributed by atoms with van der Waals surface area (Å²) in [4.78, 5) is 27.3. The van der Waals surface area contributed by atoms with Gasteiger partial charge in [0, 0.05) is 23.7 Å². The third-order valence-electron chi connectivity index (χ3n) is 5.21. The molecule has 2 aliphatic rings. The van der Waals surface area contributed by atoms with Crippen LogP contribution in [-0.4, -0.2) is 41.0 Å². The first-order valence-electron chi connectivity index (χ1n) is 9.28. The maximum absolute atomic E-state index is 12.9.